The number of ether oxygens (including phenoxy) is 1. The fourth-order valence-electron chi connectivity index (χ4n) is 3.59. The highest BCUT2D eigenvalue weighted by Crippen LogP contribution is 2.28. The standard InChI is InChI=1S/C20H26N4O3/c1-2-14-27-17-6-4-16(5-7-17)24-19(25)15-18(20(24)26)23-12-10-22(11-13-23)9-3-8-21/h4-7,18H,2-3,9-15H2,1H3/t18-/m1/s1. The van der Waals surface area contributed by atoms with Crippen molar-refractivity contribution in [2.45, 2.75) is 32.2 Å². The third kappa shape index (κ3) is 4.46. The van der Waals surface area contributed by atoms with E-state index in [2.05, 4.69) is 15.9 Å². The zero-order chi connectivity index (χ0) is 19.2. The lowest BCUT2D eigenvalue weighted by Crippen LogP contribution is -2.52. The average Bonchev–Trinajstić information content (AvgIpc) is 3.00. The molecule has 1 atom stereocenters. The van der Waals surface area contributed by atoms with E-state index in [-0.39, 0.29) is 24.3 Å². The Kier molecular flexibility index (Phi) is 6.43. The van der Waals surface area contributed by atoms with Gasteiger partial charge in [-0.1, -0.05) is 6.92 Å². The van der Waals surface area contributed by atoms with Crippen LogP contribution in [0.2, 0.25) is 0 Å². The van der Waals surface area contributed by atoms with E-state index >= 15 is 0 Å². The first-order valence-electron chi connectivity index (χ1n) is 9.57. The number of hydrogen-bond acceptors (Lipinski definition) is 6. The van der Waals surface area contributed by atoms with Gasteiger partial charge in [-0.2, -0.15) is 5.26 Å². The van der Waals surface area contributed by atoms with Crippen molar-refractivity contribution in [1.82, 2.24) is 9.80 Å². The SMILES string of the molecule is CCCOc1ccc(N2C(=O)C[C@@H](N3CCN(CCC#N)CC3)C2=O)cc1. The van der Waals surface area contributed by atoms with Gasteiger partial charge in [0, 0.05) is 39.1 Å². The summed E-state index contributed by atoms with van der Waals surface area (Å²) < 4.78 is 5.56. The quantitative estimate of drug-likeness (QED) is 0.679. The number of carbonyl (C=O) groups excluding carboxylic acids is 2. The highest BCUT2D eigenvalue weighted by Gasteiger charge is 2.43. The fourth-order valence-corrected chi connectivity index (χ4v) is 3.59. The molecule has 2 heterocycles. The summed E-state index contributed by atoms with van der Waals surface area (Å²) in [5.74, 6) is 0.441. The summed E-state index contributed by atoms with van der Waals surface area (Å²) in [6, 6.07) is 8.91. The van der Waals surface area contributed by atoms with Crippen LogP contribution in [-0.4, -0.2) is 67.0 Å². The molecule has 1 aromatic carbocycles. The summed E-state index contributed by atoms with van der Waals surface area (Å²) in [5, 5.41) is 8.70. The second-order valence-corrected chi connectivity index (χ2v) is 6.92. The Morgan fingerprint density at radius 1 is 1.15 bits per heavy atom. The topological polar surface area (TPSA) is 76.9 Å². The molecule has 0 spiro atoms. The maximum absolute atomic E-state index is 12.9. The highest BCUT2D eigenvalue weighted by atomic mass is 16.5. The molecule has 27 heavy (non-hydrogen) atoms. The number of hydrogen-bond donors (Lipinski definition) is 0. The number of carbonyl (C=O) groups is 2. The molecule has 2 fully saturated rings. The Labute approximate surface area is 160 Å². The van der Waals surface area contributed by atoms with Gasteiger partial charge < -0.3 is 4.74 Å². The van der Waals surface area contributed by atoms with Crippen molar-refractivity contribution in [1.29, 1.82) is 5.26 Å². The van der Waals surface area contributed by atoms with Gasteiger partial charge in [-0.15, -0.1) is 0 Å². The fraction of sp³-hybridized carbons (Fsp3) is 0.550. The van der Waals surface area contributed by atoms with Gasteiger partial charge in [0.15, 0.2) is 0 Å². The van der Waals surface area contributed by atoms with E-state index in [4.69, 9.17) is 10.00 Å². The van der Waals surface area contributed by atoms with Crippen molar-refractivity contribution in [3.63, 3.8) is 0 Å². The first-order valence-corrected chi connectivity index (χ1v) is 9.57. The van der Waals surface area contributed by atoms with Gasteiger partial charge in [0.1, 0.15) is 5.75 Å². The van der Waals surface area contributed by atoms with Gasteiger partial charge in [-0.25, -0.2) is 4.90 Å². The number of anilines is 1. The molecular formula is C20H26N4O3. The molecule has 0 saturated carbocycles. The minimum Gasteiger partial charge on any atom is -0.494 e. The zero-order valence-corrected chi connectivity index (χ0v) is 15.8. The summed E-state index contributed by atoms with van der Waals surface area (Å²) >= 11 is 0. The van der Waals surface area contributed by atoms with E-state index in [9.17, 15) is 9.59 Å². The molecule has 2 aliphatic rings. The van der Waals surface area contributed by atoms with Crippen molar-refractivity contribution in [3.8, 4) is 11.8 Å². The first-order chi connectivity index (χ1) is 13.1. The van der Waals surface area contributed by atoms with Crippen molar-refractivity contribution in [3.05, 3.63) is 24.3 Å². The van der Waals surface area contributed by atoms with Crippen molar-refractivity contribution < 1.29 is 14.3 Å². The molecule has 2 saturated heterocycles. The third-order valence-corrected chi connectivity index (χ3v) is 5.08. The summed E-state index contributed by atoms with van der Waals surface area (Å²) in [6.45, 7) is 6.58. The van der Waals surface area contributed by atoms with Gasteiger partial charge in [0.2, 0.25) is 5.91 Å². The second-order valence-electron chi connectivity index (χ2n) is 6.92. The van der Waals surface area contributed by atoms with Gasteiger partial charge in [-0.3, -0.25) is 19.4 Å². The van der Waals surface area contributed by atoms with Crippen LogP contribution in [0.25, 0.3) is 0 Å². The third-order valence-electron chi connectivity index (χ3n) is 5.08. The van der Waals surface area contributed by atoms with Crippen molar-refractivity contribution in [2.75, 3.05) is 44.2 Å². The van der Waals surface area contributed by atoms with Crippen molar-refractivity contribution in [2.24, 2.45) is 0 Å². The minimum atomic E-state index is -0.383. The monoisotopic (exact) mass is 370 g/mol. The van der Waals surface area contributed by atoms with Crippen LogP contribution < -0.4 is 9.64 Å². The van der Waals surface area contributed by atoms with E-state index in [0.717, 1.165) is 44.9 Å². The summed E-state index contributed by atoms with van der Waals surface area (Å²) in [6.07, 6.45) is 1.67. The van der Waals surface area contributed by atoms with Crippen molar-refractivity contribution >= 4 is 17.5 Å². The second kappa shape index (κ2) is 8.98. The predicted octanol–water partition coefficient (Wildman–Crippen LogP) is 1.64. The molecule has 144 valence electrons. The van der Waals surface area contributed by atoms with Crippen LogP contribution in [0.15, 0.2) is 24.3 Å². The van der Waals surface area contributed by atoms with E-state index in [1.54, 1.807) is 24.3 Å². The van der Waals surface area contributed by atoms with Gasteiger partial charge in [0.25, 0.3) is 5.91 Å². The molecule has 0 bridgehead atoms. The maximum atomic E-state index is 12.9. The molecule has 0 aromatic heterocycles. The molecule has 0 unspecified atom stereocenters. The number of amides is 2. The number of nitrogens with zero attached hydrogens (tertiary/aromatic N) is 4. The number of benzene rings is 1. The molecule has 0 radical (unpaired) electrons. The number of piperazine rings is 1. The normalized spacial score (nSPS) is 21.5. The van der Waals surface area contributed by atoms with E-state index in [1.165, 1.54) is 4.90 Å². The number of imide groups is 1. The first kappa shape index (κ1) is 19.3. The molecule has 3 rings (SSSR count). The largest absolute Gasteiger partial charge is 0.494 e. The Morgan fingerprint density at radius 3 is 2.48 bits per heavy atom. The zero-order valence-electron chi connectivity index (χ0n) is 15.8. The molecule has 0 N–H and O–H groups in total. The molecular weight excluding hydrogens is 344 g/mol. The average molecular weight is 370 g/mol. The Morgan fingerprint density at radius 2 is 1.85 bits per heavy atom. The van der Waals surface area contributed by atoms with Crippen LogP contribution in [0.3, 0.4) is 0 Å². The molecule has 2 aliphatic heterocycles. The Balaban J connectivity index is 1.61. The lowest BCUT2D eigenvalue weighted by molar-refractivity contribution is -0.123. The summed E-state index contributed by atoms with van der Waals surface area (Å²) in [4.78, 5) is 31.0. The molecule has 7 heteroatoms. The number of nitriles is 1. The van der Waals surface area contributed by atoms with Gasteiger partial charge >= 0.3 is 0 Å². The van der Waals surface area contributed by atoms with Crippen LogP contribution in [0.5, 0.6) is 5.75 Å². The van der Waals surface area contributed by atoms with Crippen LogP contribution in [0, 0.1) is 11.3 Å². The van der Waals surface area contributed by atoms with Gasteiger partial charge in [-0.05, 0) is 30.7 Å². The molecule has 7 nitrogen and oxygen atoms in total. The van der Waals surface area contributed by atoms with Crippen LogP contribution >= 0.6 is 0 Å². The molecule has 1 aromatic rings. The summed E-state index contributed by atoms with van der Waals surface area (Å²) in [5.41, 5.74) is 0.601. The van der Waals surface area contributed by atoms with Crippen LogP contribution in [0.1, 0.15) is 26.2 Å². The minimum absolute atomic E-state index is 0.146. The van der Waals surface area contributed by atoms with E-state index < -0.39 is 0 Å². The lowest BCUT2D eigenvalue weighted by Gasteiger charge is -2.36. The van der Waals surface area contributed by atoms with Gasteiger partial charge in [0.05, 0.1) is 30.8 Å². The highest BCUT2D eigenvalue weighted by molar-refractivity contribution is 6.22. The lowest BCUT2D eigenvalue weighted by atomic mass is 10.1. The Bertz CT molecular complexity index is 705. The van der Waals surface area contributed by atoms with Crippen LogP contribution in [0.4, 0.5) is 5.69 Å². The van der Waals surface area contributed by atoms with E-state index in [0.29, 0.717) is 18.7 Å². The molecule has 2 amide bonds. The van der Waals surface area contributed by atoms with E-state index in [1.807, 2.05) is 6.92 Å². The smallest absolute Gasteiger partial charge is 0.251 e. The molecule has 0 aliphatic carbocycles. The maximum Gasteiger partial charge on any atom is 0.251 e. The predicted molar refractivity (Wildman–Crippen MR) is 101 cm³/mol. The number of rotatable bonds is 7. The van der Waals surface area contributed by atoms with Crippen LogP contribution in [-0.2, 0) is 9.59 Å². The summed E-state index contributed by atoms with van der Waals surface area (Å²) in [7, 11) is 0. The Hall–Kier alpha value is -2.43.